The smallest absolute Gasteiger partial charge is 0.137 e. The number of furan rings is 1. The zero-order valence-corrected chi connectivity index (χ0v) is 11.0. The predicted octanol–water partition coefficient (Wildman–Crippen LogP) is 4.08. The third-order valence-corrected chi connectivity index (χ3v) is 4.42. The Hall–Kier alpha value is -1.28. The van der Waals surface area contributed by atoms with Gasteiger partial charge in [0.25, 0.3) is 0 Å². The topological polar surface area (TPSA) is 33.4 Å². The van der Waals surface area contributed by atoms with E-state index in [2.05, 4.69) is 13.8 Å². The van der Waals surface area contributed by atoms with E-state index in [0.29, 0.717) is 5.92 Å². The summed E-state index contributed by atoms with van der Waals surface area (Å²) in [7, 11) is 0. The van der Waals surface area contributed by atoms with Gasteiger partial charge in [0.2, 0.25) is 0 Å². The Labute approximate surface area is 108 Å². The van der Waals surface area contributed by atoms with Crippen LogP contribution in [0.25, 0.3) is 11.0 Å². The maximum atomic E-state index is 11.0. The lowest BCUT2D eigenvalue weighted by Crippen LogP contribution is -2.38. The lowest BCUT2D eigenvalue weighted by atomic mass is 9.71. The summed E-state index contributed by atoms with van der Waals surface area (Å²) in [6, 6.07) is 9.96. The van der Waals surface area contributed by atoms with Crippen LogP contribution in [0.2, 0.25) is 0 Å². The molecule has 2 aromatic rings. The lowest BCUT2D eigenvalue weighted by molar-refractivity contribution is -0.0773. The molecule has 3 atom stereocenters. The van der Waals surface area contributed by atoms with Gasteiger partial charge in [0.05, 0.1) is 0 Å². The summed E-state index contributed by atoms with van der Waals surface area (Å²) in [5, 5.41) is 12.1. The fourth-order valence-electron chi connectivity index (χ4n) is 3.15. The van der Waals surface area contributed by atoms with Crippen molar-refractivity contribution >= 4 is 11.0 Å². The van der Waals surface area contributed by atoms with Gasteiger partial charge in [-0.25, -0.2) is 0 Å². The first-order chi connectivity index (χ1) is 8.59. The first-order valence-electron chi connectivity index (χ1n) is 6.81. The molecule has 2 nitrogen and oxygen atoms in total. The minimum Gasteiger partial charge on any atom is -0.458 e. The Morgan fingerprint density at radius 3 is 2.78 bits per heavy atom. The molecule has 0 radical (unpaired) electrons. The average Bonchev–Trinajstić information content (AvgIpc) is 2.78. The third-order valence-electron chi connectivity index (χ3n) is 4.42. The summed E-state index contributed by atoms with van der Waals surface area (Å²) in [6.07, 6.45) is 3.06. The van der Waals surface area contributed by atoms with E-state index in [4.69, 9.17) is 4.42 Å². The standard InChI is InChI=1S/C16H20O2/c1-11-7-8-12(2)16(17,10-11)15-9-13-5-3-4-6-14(13)18-15/h3-6,9,11-12,17H,7-8,10H2,1-2H3. The van der Waals surface area contributed by atoms with Crippen LogP contribution in [-0.2, 0) is 5.60 Å². The van der Waals surface area contributed by atoms with Crippen LogP contribution in [0.4, 0.5) is 0 Å². The van der Waals surface area contributed by atoms with Gasteiger partial charge in [-0.1, -0.05) is 38.5 Å². The number of rotatable bonds is 1. The first kappa shape index (κ1) is 11.8. The van der Waals surface area contributed by atoms with Gasteiger partial charge < -0.3 is 9.52 Å². The molecule has 1 saturated carbocycles. The highest BCUT2D eigenvalue weighted by Gasteiger charge is 2.42. The van der Waals surface area contributed by atoms with Crippen LogP contribution in [0, 0.1) is 11.8 Å². The number of para-hydroxylation sites is 1. The van der Waals surface area contributed by atoms with Gasteiger partial charge in [-0.2, -0.15) is 0 Å². The van der Waals surface area contributed by atoms with Crippen LogP contribution in [0.3, 0.4) is 0 Å². The van der Waals surface area contributed by atoms with Gasteiger partial charge in [-0.3, -0.25) is 0 Å². The molecule has 1 aromatic heterocycles. The van der Waals surface area contributed by atoms with Crippen LogP contribution in [-0.4, -0.2) is 5.11 Å². The summed E-state index contributed by atoms with van der Waals surface area (Å²) < 4.78 is 5.88. The van der Waals surface area contributed by atoms with Crippen LogP contribution < -0.4 is 0 Å². The van der Waals surface area contributed by atoms with Gasteiger partial charge in [-0.05, 0) is 36.8 Å². The Morgan fingerprint density at radius 1 is 1.22 bits per heavy atom. The molecule has 1 heterocycles. The highest BCUT2D eigenvalue weighted by atomic mass is 16.4. The van der Waals surface area contributed by atoms with Crippen molar-refractivity contribution in [1.29, 1.82) is 0 Å². The largest absolute Gasteiger partial charge is 0.458 e. The summed E-state index contributed by atoms with van der Waals surface area (Å²) in [5.74, 6) is 1.55. The monoisotopic (exact) mass is 244 g/mol. The molecular formula is C16H20O2. The Kier molecular flexibility index (Phi) is 2.70. The van der Waals surface area contributed by atoms with Crippen molar-refractivity contribution in [2.45, 2.75) is 38.7 Å². The molecule has 96 valence electrons. The van der Waals surface area contributed by atoms with Gasteiger partial charge >= 0.3 is 0 Å². The molecule has 0 saturated heterocycles. The lowest BCUT2D eigenvalue weighted by Gasteiger charge is -2.39. The minimum atomic E-state index is -0.795. The van der Waals surface area contributed by atoms with Crippen molar-refractivity contribution in [3.05, 3.63) is 36.1 Å². The Balaban J connectivity index is 2.06. The van der Waals surface area contributed by atoms with E-state index >= 15 is 0 Å². The zero-order valence-electron chi connectivity index (χ0n) is 11.0. The second-order valence-corrected chi connectivity index (χ2v) is 5.86. The van der Waals surface area contributed by atoms with Crippen LogP contribution >= 0.6 is 0 Å². The summed E-state index contributed by atoms with van der Waals surface area (Å²) in [5.41, 5.74) is 0.0720. The predicted molar refractivity (Wildman–Crippen MR) is 72.3 cm³/mol. The van der Waals surface area contributed by atoms with Crippen molar-refractivity contribution in [2.75, 3.05) is 0 Å². The zero-order chi connectivity index (χ0) is 12.8. The van der Waals surface area contributed by atoms with Gasteiger partial charge in [-0.15, -0.1) is 0 Å². The molecule has 1 fully saturated rings. The average molecular weight is 244 g/mol. The van der Waals surface area contributed by atoms with Crippen molar-refractivity contribution in [2.24, 2.45) is 11.8 Å². The van der Waals surface area contributed by atoms with E-state index in [9.17, 15) is 5.11 Å². The number of aliphatic hydroxyl groups is 1. The molecular weight excluding hydrogens is 224 g/mol. The minimum absolute atomic E-state index is 0.259. The van der Waals surface area contributed by atoms with Crippen molar-refractivity contribution < 1.29 is 9.52 Å². The van der Waals surface area contributed by atoms with Crippen LogP contribution in [0.5, 0.6) is 0 Å². The van der Waals surface area contributed by atoms with Gasteiger partial charge in [0.1, 0.15) is 16.9 Å². The molecule has 0 aliphatic heterocycles. The summed E-state index contributed by atoms with van der Waals surface area (Å²) in [4.78, 5) is 0. The maximum Gasteiger partial charge on any atom is 0.137 e. The molecule has 2 heteroatoms. The summed E-state index contributed by atoms with van der Waals surface area (Å²) in [6.45, 7) is 4.33. The molecule has 1 aliphatic carbocycles. The molecule has 1 N–H and O–H groups in total. The molecule has 3 rings (SSSR count). The van der Waals surface area contributed by atoms with Gasteiger partial charge in [0, 0.05) is 5.39 Å². The van der Waals surface area contributed by atoms with Gasteiger partial charge in [0.15, 0.2) is 0 Å². The van der Waals surface area contributed by atoms with Crippen LogP contribution in [0.1, 0.15) is 38.9 Å². The van der Waals surface area contributed by atoms with E-state index in [-0.39, 0.29) is 5.92 Å². The van der Waals surface area contributed by atoms with Crippen LogP contribution in [0.15, 0.2) is 34.7 Å². The number of benzene rings is 1. The highest BCUT2D eigenvalue weighted by molar-refractivity contribution is 5.77. The first-order valence-corrected chi connectivity index (χ1v) is 6.81. The van der Waals surface area contributed by atoms with E-state index in [1.54, 1.807) is 0 Å². The molecule has 18 heavy (non-hydrogen) atoms. The number of hydrogen-bond donors (Lipinski definition) is 1. The van der Waals surface area contributed by atoms with Crippen molar-refractivity contribution in [3.63, 3.8) is 0 Å². The molecule has 3 unspecified atom stereocenters. The maximum absolute atomic E-state index is 11.0. The van der Waals surface area contributed by atoms with E-state index in [1.807, 2.05) is 30.3 Å². The normalized spacial score (nSPS) is 32.8. The van der Waals surface area contributed by atoms with E-state index in [0.717, 1.165) is 29.6 Å². The Bertz CT molecular complexity index is 524. The molecule has 1 aliphatic rings. The molecule has 1 aromatic carbocycles. The molecule has 0 spiro atoms. The van der Waals surface area contributed by atoms with E-state index < -0.39 is 5.60 Å². The quantitative estimate of drug-likeness (QED) is 0.820. The SMILES string of the molecule is CC1CCC(C)C(O)(c2cc3ccccc3o2)C1. The highest BCUT2D eigenvalue weighted by Crippen LogP contribution is 2.45. The summed E-state index contributed by atoms with van der Waals surface area (Å²) >= 11 is 0. The molecule has 0 amide bonds. The van der Waals surface area contributed by atoms with E-state index in [1.165, 1.54) is 6.42 Å². The van der Waals surface area contributed by atoms with Crippen molar-refractivity contribution in [3.8, 4) is 0 Å². The molecule has 0 bridgehead atoms. The second-order valence-electron chi connectivity index (χ2n) is 5.86. The number of fused-ring (bicyclic) bond motifs is 1. The fraction of sp³-hybridized carbons (Fsp3) is 0.500. The number of hydrogen-bond acceptors (Lipinski definition) is 2. The van der Waals surface area contributed by atoms with Crippen molar-refractivity contribution in [1.82, 2.24) is 0 Å². The second kappa shape index (κ2) is 4.13. The third kappa shape index (κ3) is 1.76. The Morgan fingerprint density at radius 2 is 2.00 bits per heavy atom. The fourth-order valence-corrected chi connectivity index (χ4v) is 3.15.